The lowest BCUT2D eigenvalue weighted by molar-refractivity contribution is 0.121. The van der Waals surface area contributed by atoms with Gasteiger partial charge in [0, 0.05) is 23.6 Å². The van der Waals surface area contributed by atoms with E-state index in [1.807, 2.05) is 24.4 Å². The number of para-hydroxylation sites is 1. The number of ether oxygens (including phenoxy) is 2. The maximum atomic E-state index is 6.21. The van der Waals surface area contributed by atoms with Crippen molar-refractivity contribution < 1.29 is 9.47 Å². The minimum absolute atomic E-state index is 0.0927. The Morgan fingerprint density at radius 1 is 1.33 bits per heavy atom. The molecule has 112 valence electrons. The van der Waals surface area contributed by atoms with Crippen LogP contribution in [0.1, 0.15) is 38.0 Å². The maximum absolute atomic E-state index is 6.21. The molecule has 0 spiro atoms. The molecule has 0 bridgehead atoms. The van der Waals surface area contributed by atoms with Crippen LogP contribution in [0.25, 0.3) is 0 Å². The van der Waals surface area contributed by atoms with Crippen molar-refractivity contribution in [2.24, 2.45) is 5.73 Å². The molecular weight excluding hydrogens is 282 g/mol. The third kappa shape index (κ3) is 2.92. The van der Waals surface area contributed by atoms with E-state index in [1.165, 1.54) is 5.56 Å². The van der Waals surface area contributed by atoms with E-state index in [0.717, 1.165) is 23.5 Å². The predicted octanol–water partition coefficient (Wildman–Crippen LogP) is 3.93. The molecule has 1 aromatic heterocycles. The van der Waals surface area contributed by atoms with Gasteiger partial charge in [-0.05, 0) is 43.7 Å². The average Bonchev–Trinajstić information content (AvgIpc) is 3.01. The van der Waals surface area contributed by atoms with Crippen LogP contribution in [-0.2, 0) is 6.42 Å². The Bertz CT molecular complexity index is 620. The lowest BCUT2D eigenvalue weighted by Gasteiger charge is -2.24. The van der Waals surface area contributed by atoms with E-state index in [2.05, 4.69) is 31.4 Å². The SMILES string of the molecule is CC(N)C(Oc1cccc2c1OC(C)(C)C2)c1ccsc1. The van der Waals surface area contributed by atoms with Gasteiger partial charge in [0.25, 0.3) is 0 Å². The van der Waals surface area contributed by atoms with E-state index >= 15 is 0 Å². The summed E-state index contributed by atoms with van der Waals surface area (Å²) in [6, 6.07) is 8.05. The largest absolute Gasteiger partial charge is 0.483 e. The smallest absolute Gasteiger partial charge is 0.165 e. The normalized spacial score (nSPS) is 18.7. The second kappa shape index (κ2) is 5.35. The van der Waals surface area contributed by atoms with Crippen LogP contribution in [0.15, 0.2) is 35.0 Å². The van der Waals surface area contributed by atoms with Gasteiger partial charge in [-0.2, -0.15) is 11.3 Å². The summed E-state index contributed by atoms with van der Waals surface area (Å²) in [6.45, 7) is 6.16. The second-order valence-corrected chi connectivity index (χ2v) is 7.02. The highest BCUT2D eigenvalue weighted by atomic mass is 32.1. The summed E-state index contributed by atoms with van der Waals surface area (Å²) in [5.74, 6) is 1.65. The molecule has 1 aliphatic heterocycles. The Morgan fingerprint density at radius 2 is 2.14 bits per heavy atom. The molecule has 21 heavy (non-hydrogen) atoms. The zero-order chi connectivity index (χ0) is 15.0. The number of fused-ring (bicyclic) bond motifs is 1. The number of nitrogens with two attached hydrogens (primary N) is 1. The minimum Gasteiger partial charge on any atom is -0.483 e. The third-order valence-corrected chi connectivity index (χ3v) is 4.36. The van der Waals surface area contributed by atoms with Gasteiger partial charge >= 0.3 is 0 Å². The molecule has 3 rings (SSSR count). The number of rotatable bonds is 4. The summed E-state index contributed by atoms with van der Waals surface area (Å²) in [5, 5.41) is 4.13. The average molecular weight is 303 g/mol. The molecule has 0 radical (unpaired) electrons. The van der Waals surface area contributed by atoms with Crippen molar-refractivity contribution in [3.05, 3.63) is 46.2 Å². The van der Waals surface area contributed by atoms with Crippen molar-refractivity contribution in [2.45, 2.75) is 44.9 Å². The van der Waals surface area contributed by atoms with E-state index in [9.17, 15) is 0 Å². The van der Waals surface area contributed by atoms with Crippen LogP contribution in [0, 0.1) is 0 Å². The van der Waals surface area contributed by atoms with Gasteiger partial charge < -0.3 is 15.2 Å². The molecule has 2 aromatic rings. The van der Waals surface area contributed by atoms with Crippen molar-refractivity contribution in [1.29, 1.82) is 0 Å². The lowest BCUT2D eigenvalue weighted by Crippen LogP contribution is -2.29. The molecular formula is C17H21NO2S. The highest BCUT2D eigenvalue weighted by Gasteiger charge is 2.33. The quantitative estimate of drug-likeness (QED) is 0.930. The van der Waals surface area contributed by atoms with Gasteiger partial charge in [0.05, 0.1) is 0 Å². The van der Waals surface area contributed by atoms with Gasteiger partial charge in [-0.15, -0.1) is 0 Å². The van der Waals surface area contributed by atoms with Crippen LogP contribution >= 0.6 is 11.3 Å². The Balaban J connectivity index is 1.91. The zero-order valence-corrected chi connectivity index (χ0v) is 13.4. The molecule has 4 heteroatoms. The fourth-order valence-electron chi connectivity index (χ4n) is 2.73. The summed E-state index contributed by atoms with van der Waals surface area (Å²) in [5.41, 5.74) is 8.26. The van der Waals surface area contributed by atoms with Crippen LogP contribution < -0.4 is 15.2 Å². The van der Waals surface area contributed by atoms with Gasteiger partial charge in [0.2, 0.25) is 0 Å². The molecule has 2 atom stereocenters. The molecule has 0 fully saturated rings. The molecule has 0 saturated carbocycles. The summed E-state index contributed by atoms with van der Waals surface area (Å²) in [6.07, 6.45) is 0.746. The Kier molecular flexibility index (Phi) is 3.68. The molecule has 2 unspecified atom stereocenters. The first-order valence-corrected chi connectivity index (χ1v) is 8.16. The van der Waals surface area contributed by atoms with Gasteiger partial charge in [-0.3, -0.25) is 0 Å². The van der Waals surface area contributed by atoms with Crippen molar-refractivity contribution >= 4 is 11.3 Å². The predicted molar refractivity (Wildman–Crippen MR) is 86.2 cm³/mol. The highest BCUT2D eigenvalue weighted by molar-refractivity contribution is 7.07. The Morgan fingerprint density at radius 3 is 2.81 bits per heavy atom. The van der Waals surface area contributed by atoms with Crippen molar-refractivity contribution in [3.8, 4) is 11.5 Å². The standard InChI is InChI=1S/C17H21NO2S/c1-11(18)15(13-7-8-21-10-13)19-14-6-4-5-12-9-17(2,3)20-16(12)14/h4-8,10-11,15H,9,18H2,1-3H3. The number of hydrogen-bond donors (Lipinski definition) is 1. The van der Waals surface area contributed by atoms with Gasteiger partial charge in [-0.1, -0.05) is 12.1 Å². The van der Waals surface area contributed by atoms with Crippen LogP contribution in [0.2, 0.25) is 0 Å². The molecule has 1 aromatic carbocycles. The van der Waals surface area contributed by atoms with Crippen molar-refractivity contribution in [3.63, 3.8) is 0 Å². The van der Waals surface area contributed by atoms with Crippen molar-refractivity contribution in [1.82, 2.24) is 0 Å². The van der Waals surface area contributed by atoms with Crippen LogP contribution in [-0.4, -0.2) is 11.6 Å². The maximum Gasteiger partial charge on any atom is 0.165 e. The Hall–Kier alpha value is -1.52. The first kappa shape index (κ1) is 14.4. The zero-order valence-electron chi connectivity index (χ0n) is 12.6. The Labute approximate surface area is 129 Å². The fraction of sp³-hybridized carbons (Fsp3) is 0.412. The number of hydrogen-bond acceptors (Lipinski definition) is 4. The molecule has 0 aliphatic carbocycles. The molecule has 0 saturated heterocycles. The molecule has 1 aliphatic rings. The summed E-state index contributed by atoms with van der Waals surface area (Å²) >= 11 is 1.65. The minimum atomic E-state index is -0.173. The summed E-state index contributed by atoms with van der Waals surface area (Å²) in [4.78, 5) is 0. The van der Waals surface area contributed by atoms with Crippen LogP contribution in [0.4, 0.5) is 0 Å². The first-order chi connectivity index (χ1) is 9.96. The van der Waals surface area contributed by atoms with E-state index in [1.54, 1.807) is 11.3 Å². The molecule has 2 heterocycles. The first-order valence-electron chi connectivity index (χ1n) is 7.21. The monoisotopic (exact) mass is 303 g/mol. The highest BCUT2D eigenvalue weighted by Crippen LogP contribution is 2.43. The number of thiophene rings is 1. The van der Waals surface area contributed by atoms with Crippen LogP contribution in [0.5, 0.6) is 11.5 Å². The lowest BCUT2D eigenvalue weighted by atomic mass is 10.0. The fourth-order valence-corrected chi connectivity index (χ4v) is 3.42. The summed E-state index contributed by atoms with van der Waals surface area (Å²) in [7, 11) is 0. The van der Waals surface area contributed by atoms with Gasteiger partial charge in [0.15, 0.2) is 11.5 Å². The van der Waals surface area contributed by atoms with Gasteiger partial charge in [-0.25, -0.2) is 0 Å². The third-order valence-electron chi connectivity index (χ3n) is 3.66. The van der Waals surface area contributed by atoms with E-state index in [-0.39, 0.29) is 17.7 Å². The van der Waals surface area contributed by atoms with Gasteiger partial charge in [0.1, 0.15) is 11.7 Å². The van der Waals surface area contributed by atoms with E-state index in [0.29, 0.717) is 0 Å². The van der Waals surface area contributed by atoms with E-state index < -0.39 is 0 Å². The molecule has 2 N–H and O–H groups in total. The second-order valence-electron chi connectivity index (χ2n) is 6.24. The van der Waals surface area contributed by atoms with E-state index in [4.69, 9.17) is 15.2 Å². The van der Waals surface area contributed by atoms with Crippen LogP contribution in [0.3, 0.4) is 0 Å². The summed E-state index contributed by atoms with van der Waals surface area (Å²) < 4.78 is 12.3. The molecule has 3 nitrogen and oxygen atoms in total. The number of benzene rings is 1. The topological polar surface area (TPSA) is 44.5 Å². The van der Waals surface area contributed by atoms with Crippen molar-refractivity contribution in [2.75, 3.05) is 0 Å². The molecule has 0 amide bonds.